The van der Waals surface area contributed by atoms with Gasteiger partial charge in [-0.1, -0.05) is 11.6 Å². The minimum absolute atomic E-state index is 0.188. The Morgan fingerprint density at radius 3 is 2.52 bits per heavy atom. The molecule has 2 aromatic rings. The summed E-state index contributed by atoms with van der Waals surface area (Å²) in [5.41, 5.74) is 6.54. The third kappa shape index (κ3) is 4.10. The molecular weight excluding hydrogens is 332 g/mol. The summed E-state index contributed by atoms with van der Waals surface area (Å²) in [6.45, 7) is 2.60. The number of halogens is 1. The molecular formula is C13H15ClN2O3S2. The normalized spacial score (nSPS) is 11.4. The number of hydrogen-bond donors (Lipinski definition) is 2. The van der Waals surface area contributed by atoms with Crippen LogP contribution in [0.15, 0.2) is 34.5 Å². The Bertz CT molecular complexity index is 692. The van der Waals surface area contributed by atoms with Crippen molar-refractivity contribution in [1.29, 1.82) is 0 Å². The van der Waals surface area contributed by atoms with Gasteiger partial charge < -0.3 is 10.5 Å². The first kappa shape index (κ1) is 16.1. The summed E-state index contributed by atoms with van der Waals surface area (Å²) in [5, 5.41) is 0. The summed E-state index contributed by atoms with van der Waals surface area (Å²) >= 11 is 6.94. The van der Waals surface area contributed by atoms with Gasteiger partial charge in [0.15, 0.2) is 0 Å². The number of thiophene rings is 1. The van der Waals surface area contributed by atoms with E-state index < -0.39 is 10.0 Å². The second-order valence-corrected chi connectivity index (χ2v) is 7.85. The molecule has 0 saturated heterocycles. The van der Waals surface area contributed by atoms with E-state index in [-0.39, 0.29) is 4.21 Å². The van der Waals surface area contributed by atoms with Crippen LogP contribution in [0.2, 0.25) is 4.34 Å². The number of rotatable bonds is 6. The maximum atomic E-state index is 12.2. The van der Waals surface area contributed by atoms with Gasteiger partial charge in [-0.25, -0.2) is 8.42 Å². The smallest absolute Gasteiger partial charge is 0.271 e. The molecule has 0 aliphatic carbocycles. The van der Waals surface area contributed by atoms with Crippen LogP contribution in [0.5, 0.6) is 5.75 Å². The second-order valence-electron chi connectivity index (χ2n) is 4.29. The van der Waals surface area contributed by atoms with Gasteiger partial charge in [0.05, 0.1) is 4.34 Å². The van der Waals surface area contributed by atoms with Crippen molar-refractivity contribution in [2.75, 3.05) is 17.9 Å². The van der Waals surface area contributed by atoms with Crippen molar-refractivity contribution in [3.8, 4) is 5.75 Å². The van der Waals surface area contributed by atoms with E-state index in [0.29, 0.717) is 28.9 Å². The fourth-order valence-electron chi connectivity index (χ4n) is 1.57. The Morgan fingerprint density at radius 2 is 2.00 bits per heavy atom. The van der Waals surface area contributed by atoms with E-state index >= 15 is 0 Å². The highest BCUT2D eigenvalue weighted by atomic mass is 35.5. The largest absolute Gasteiger partial charge is 0.492 e. The molecule has 3 N–H and O–H groups in total. The maximum Gasteiger partial charge on any atom is 0.271 e. The van der Waals surface area contributed by atoms with E-state index in [1.54, 1.807) is 37.3 Å². The van der Waals surface area contributed by atoms with Crippen molar-refractivity contribution in [3.05, 3.63) is 40.2 Å². The molecule has 0 amide bonds. The van der Waals surface area contributed by atoms with Crippen molar-refractivity contribution >= 4 is 38.6 Å². The highest BCUT2D eigenvalue weighted by Crippen LogP contribution is 2.31. The van der Waals surface area contributed by atoms with Gasteiger partial charge in [0.1, 0.15) is 16.6 Å². The molecule has 5 nitrogen and oxygen atoms in total. The summed E-state index contributed by atoms with van der Waals surface area (Å²) in [6, 6.07) is 8.17. The number of nitrogens with one attached hydrogen (secondary N) is 1. The predicted molar refractivity (Wildman–Crippen MR) is 85.9 cm³/mol. The van der Waals surface area contributed by atoms with Crippen LogP contribution in [0, 0.1) is 6.92 Å². The summed E-state index contributed by atoms with van der Waals surface area (Å²) in [5.74, 6) is 0.637. The van der Waals surface area contributed by atoms with Crippen LogP contribution in [0.4, 0.5) is 5.69 Å². The minimum atomic E-state index is -3.62. The predicted octanol–water partition coefficient (Wildman–Crippen LogP) is 2.85. The number of anilines is 1. The number of aryl methyl sites for hydroxylation is 1. The van der Waals surface area contributed by atoms with Crippen molar-refractivity contribution in [3.63, 3.8) is 0 Å². The molecule has 8 heteroatoms. The number of nitrogens with two attached hydrogens (primary N) is 1. The quantitative estimate of drug-likeness (QED) is 0.842. The molecule has 0 aliphatic rings. The molecule has 0 atom stereocenters. The number of ether oxygens (including phenoxy) is 1. The third-order valence-electron chi connectivity index (χ3n) is 2.59. The third-order valence-corrected chi connectivity index (χ3v) is 6.00. The topological polar surface area (TPSA) is 81.4 Å². The Balaban J connectivity index is 2.13. The van der Waals surface area contributed by atoms with E-state index in [0.717, 1.165) is 16.9 Å². The average molecular weight is 347 g/mol. The van der Waals surface area contributed by atoms with Gasteiger partial charge in [-0.2, -0.15) is 0 Å². The lowest BCUT2D eigenvalue weighted by Crippen LogP contribution is -2.12. The summed E-state index contributed by atoms with van der Waals surface area (Å²) in [4.78, 5) is 0. The Hall–Kier alpha value is -1.28. The van der Waals surface area contributed by atoms with Gasteiger partial charge in [0, 0.05) is 12.2 Å². The lowest BCUT2D eigenvalue weighted by atomic mass is 10.3. The molecule has 0 spiro atoms. The van der Waals surface area contributed by atoms with E-state index in [4.69, 9.17) is 22.1 Å². The van der Waals surface area contributed by atoms with Crippen LogP contribution in [0.3, 0.4) is 0 Å². The molecule has 1 aromatic heterocycles. The van der Waals surface area contributed by atoms with Crippen molar-refractivity contribution in [1.82, 2.24) is 0 Å². The molecule has 0 aliphatic heterocycles. The monoisotopic (exact) mass is 346 g/mol. The van der Waals surface area contributed by atoms with E-state index in [2.05, 4.69) is 4.72 Å². The van der Waals surface area contributed by atoms with E-state index in [9.17, 15) is 8.42 Å². The zero-order valence-corrected chi connectivity index (χ0v) is 13.7. The standard InChI is InChI=1S/C13H15ClN2O3S2/c1-9-8-12(20-13(9)14)21(17,18)16-10-2-4-11(5-3-10)19-7-6-15/h2-5,8,16H,6-7,15H2,1H3. The van der Waals surface area contributed by atoms with Gasteiger partial charge in [-0.05, 0) is 42.8 Å². The molecule has 0 fully saturated rings. The molecule has 2 rings (SSSR count). The van der Waals surface area contributed by atoms with Crippen molar-refractivity contribution < 1.29 is 13.2 Å². The molecule has 0 saturated carbocycles. The zero-order valence-electron chi connectivity index (χ0n) is 11.3. The van der Waals surface area contributed by atoms with Crippen LogP contribution in [0.25, 0.3) is 0 Å². The van der Waals surface area contributed by atoms with Gasteiger partial charge >= 0.3 is 0 Å². The number of sulfonamides is 1. The first-order chi connectivity index (χ1) is 9.92. The van der Waals surface area contributed by atoms with E-state index in [1.165, 1.54) is 0 Å². The maximum absolute atomic E-state index is 12.2. The fourth-order valence-corrected chi connectivity index (χ4v) is 4.33. The molecule has 114 valence electrons. The highest BCUT2D eigenvalue weighted by Gasteiger charge is 2.18. The van der Waals surface area contributed by atoms with Crippen LogP contribution in [-0.2, 0) is 10.0 Å². The summed E-state index contributed by atoms with van der Waals surface area (Å²) < 4.78 is 32.9. The molecule has 1 heterocycles. The summed E-state index contributed by atoms with van der Waals surface area (Å²) in [6.07, 6.45) is 0. The fraction of sp³-hybridized carbons (Fsp3) is 0.231. The van der Waals surface area contributed by atoms with Crippen molar-refractivity contribution in [2.24, 2.45) is 5.73 Å². The molecule has 1 aromatic carbocycles. The Morgan fingerprint density at radius 1 is 1.33 bits per heavy atom. The van der Waals surface area contributed by atoms with Crippen LogP contribution in [-0.4, -0.2) is 21.6 Å². The summed E-state index contributed by atoms with van der Waals surface area (Å²) in [7, 11) is -3.62. The number of benzene rings is 1. The highest BCUT2D eigenvalue weighted by molar-refractivity contribution is 7.94. The number of hydrogen-bond acceptors (Lipinski definition) is 5. The first-order valence-corrected chi connectivity index (χ1v) is 8.82. The van der Waals surface area contributed by atoms with E-state index in [1.807, 2.05) is 0 Å². The van der Waals surface area contributed by atoms with Gasteiger partial charge in [0.25, 0.3) is 10.0 Å². The molecule has 0 bridgehead atoms. The lowest BCUT2D eigenvalue weighted by Gasteiger charge is -2.08. The molecule has 0 radical (unpaired) electrons. The minimum Gasteiger partial charge on any atom is -0.492 e. The average Bonchev–Trinajstić information content (AvgIpc) is 2.78. The van der Waals surface area contributed by atoms with Gasteiger partial charge in [0.2, 0.25) is 0 Å². The van der Waals surface area contributed by atoms with Crippen molar-refractivity contribution in [2.45, 2.75) is 11.1 Å². The SMILES string of the molecule is Cc1cc(S(=O)(=O)Nc2ccc(OCCN)cc2)sc1Cl. The first-order valence-electron chi connectivity index (χ1n) is 6.14. The Labute approximate surface area is 132 Å². The zero-order chi connectivity index (χ0) is 15.5. The second kappa shape index (κ2) is 6.65. The van der Waals surface area contributed by atoms with Crippen LogP contribution in [0.1, 0.15) is 5.56 Å². The van der Waals surface area contributed by atoms with Crippen LogP contribution < -0.4 is 15.2 Å². The Kier molecular flexibility index (Phi) is 5.10. The van der Waals surface area contributed by atoms with Gasteiger partial charge in [-0.3, -0.25) is 4.72 Å². The lowest BCUT2D eigenvalue weighted by molar-refractivity contribution is 0.328. The molecule has 0 unspecified atom stereocenters. The van der Waals surface area contributed by atoms with Gasteiger partial charge in [-0.15, -0.1) is 11.3 Å². The molecule has 21 heavy (non-hydrogen) atoms. The van der Waals surface area contributed by atoms with Crippen LogP contribution >= 0.6 is 22.9 Å².